The van der Waals surface area contributed by atoms with Gasteiger partial charge in [-0.2, -0.15) is 0 Å². The highest BCUT2D eigenvalue weighted by Crippen LogP contribution is 2.28. The van der Waals surface area contributed by atoms with Crippen LogP contribution in [0.4, 0.5) is 11.4 Å². The van der Waals surface area contributed by atoms with E-state index in [0.29, 0.717) is 12.1 Å². The lowest BCUT2D eigenvalue weighted by atomic mass is 9.92. The molecule has 0 spiro atoms. The number of anilines is 2. The number of aryl methyl sites for hydroxylation is 3. The lowest BCUT2D eigenvalue weighted by Gasteiger charge is -2.19. The highest BCUT2D eigenvalue weighted by atomic mass is 16.5. The van der Waals surface area contributed by atoms with Gasteiger partial charge in [-0.3, -0.25) is 9.59 Å². The number of carbonyl (C=O) groups excluding carboxylic acids is 2. The number of ether oxygens (including phenoxy) is 1. The SMILES string of the molecule is Cc1ccc(NC(=O)COc2ccc3c(c2)CCCC3)cc1N1CCCC1=O. The number of nitrogens with zero attached hydrogens (tertiary/aromatic N) is 1. The van der Waals surface area contributed by atoms with Gasteiger partial charge in [0.25, 0.3) is 5.91 Å². The molecular weight excluding hydrogens is 352 g/mol. The molecule has 1 saturated heterocycles. The van der Waals surface area contributed by atoms with Gasteiger partial charge < -0.3 is 15.0 Å². The minimum Gasteiger partial charge on any atom is -0.484 e. The molecule has 1 fully saturated rings. The van der Waals surface area contributed by atoms with E-state index in [1.165, 1.54) is 24.0 Å². The Kier molecular flexibility index (Phi) is 5.33. The molecule has 0 bridgehead atoms. The Bertz CT molecular complexity index is 907. The fourth-order valence-electron chi connectivity index (χ4n) is 4.03. The van der Waals surface area contributed by atoms with Crippen LogP contribution in [0.2, 0.25) is 0 Å². The van der Waals surface area contributed by atoms with Crippen LogP contribution in [0, 0.1) is 6.92 Å². The van der Waals surface area contributed by atoms with E-state index in [0.717, 1.165) is 42.8 Å². The van der Waals surface area contributed by atoms with Gasteiger partial charge in [0.05, 0.1) is 0 Å². The molecule has 2 aromatic rings. The van der Waals surface area contributed by atoms with Gasteiger partial charge in [0, 0.05) is 24.3 Å². The average Bonchev–Trinajstić information content (AvgIpc) is 3.13. The summed E-state index contributed by atoms with van der Waals surface area (Å²) in [5, 5.41) is 2.88. The third-order valence-corrected chi connectivity index (χ3v) is 5.55. The van der Waals surface area contributed by atoms with E-state index in [2.05, 4.69) is 17.4 Å². The van der Waals surface area contributed by atoms with E-state index in [1.807, 2.05) is 31.2 Å². The Balaban J connectivity index is 1.38. The minimum absolute atomic E-state index is 0.0371. The predicted molar refractivity (Wildman–Crippen MR) is 110 cm³/mol. The summed E-state index contributed by atoms with van der Waals surface area (Å²) in [7, 11) is 0. The molecule has 2 aliphatic rings. The molecule has 2 amide bonds. The molecule has 0 atom stereocenters. The molecule has 0 unspecified atom stereocenters. The number of hydrogen-bond donors (Lipinski definition) is 1. The zero-order valence-electron chi connectivity index (χ0n) is 16.3. The first-order valence-electron chi connectivity index (χ1n) is 10.1. The van der Waals surface area contributed by atoms with Crippen molar-refractivity contribution in [3.63, 3.8) is 0 Å². The molecular formula is C23H26N2O3. The fourth-order valence-corrected chi connectivity index (χ4v) is 4.03. The van der Waals surface area contributed by atoms with Crippen LogP contribution in [0.5, 0.6) is 5.75 Å². The van der Waals surface area contributed by atoms with E-state index >= 15 is 0 Å². The smallest absolute Gasteiger partial charge is 0.262 e. The predicted octanol–water partition coefficient (Wildman–Crippen LogP) is 4.02. The molecule has 1 N–H and O–H groups in total. The van der Waals surface area contributed by atoms with Gasteiger partial charge >= 0.3 is 0 Å². The van der Waals surface area contributed by atoms with E-state index in [9.17, 15) is 9.59 Å². The molecule has 146 valence electrons. The molecule has 1 aliphatic heterocycles. The molecule has 28 heavy (non-hydrogen) atoms. The lowest BCUT2D eigenvalue weighted by molar-refractivity contribution is -0.118. The second-order valence-corrected chi connectivity index (χ2v) is 7.62. The van der Waals surface area contributed by atoms with E-state index < -0.39 is 0 Å². The summed E-state index contributed by atoms with van der Waals surface area (Å²) >= 11 is 0. The lowest BCUT2D eigenvalue weighted by Crippen LogP contribution is -2.25. The van der Waals surface area contributed by atoms with E-state index in [-0.39, 0.29) is 18.4 Å². The van der Waals surface area contributed by atoms with Crippen LogP contribution in [0.1, 0.15) is 42.4 Å². The van der Waals surface area contributed by atoms with Gasteiger partial charge in [0.15, 0.2) is 6.61 Å². The zero-order valence-corrected chi connectivity index (χ0v) is 16.3. The van der Waals surface area contributed by atoms with E-state index in [1.54, 1.807) is 4.90 Å². The number of nitrogens with one attached hydrogen (secondary N) is 1. The number of carbonyl (C=O) groups is 2. The van der Waals surface area contributed by atoms with Crippen LogP contribution in [-0.4, -0.2) is 25.0 Å². The Morgan fingerprint density at radius 1 is 1.04 bits per heavy atom. The third kappa shape index (κ3) is 4.03. The Morgan fingerprint density at radius 2 is 1.86 bits per heavy atom. The molecule has 1 heterocycles. The summed E-state index contributed by atoms with van der Waals surface area (Å²) < 4.78 is 5.70. The largest absolute Gasteiger partial charge is 0.484 e. The van der Waals surface area contributed by atoms with Gasteiger partial charge in [-0.05, 0) is 80.0 Å². The minimum atomic E-state index is -0.208. The van der Waals surface area contributed by atoms with Crippen LogP contribution < -0.4 is 15.0 Å². The summed E-state index contributed by atoms with van der Waals surface area (Å²) in [4.78, 5) is 26.2. The summed E-state index contributed by atoms with van der Waals surface area (Å²) in [6.45, 7) is 2.68. The monoisotopic (exact) mass is 378 g/mol. The molecule has 0 saturated carbocycles. The maximum Gasteiger partial charge on any atom is 0.262 e. The van der Waals surface area contributed by atoms with Crippen LogP contribution in [0.3, 0.4) is 0 Å². The van der Waals surface area contributed by atoms with Crippen LogP contribution in [0.15, 0.2) is 36.4 Å². The summed E-state index contributed by atoms with van der Waals surface area (Å²) in [6.07, 6.45) is 6.14. The van der Waals surface area contributed by atoms with Crippen molar-refractivity contribution in [2.75, 3.05) is 23.4 Å². The van der Waals surface area contributed by atoms with E-state index in [4.69, 9.17) is 4.74 Å². The van der Waals surface area contributed by atoms with Gasteiger partial charge in [0.2, 0.25) is 5.91 Å². The molecule has 2 aromatic carbocycles. The maximum absolute atomic E-state index is 12.3. The Morgan fingerprint density at radius 3 is 2.64 bits per heavy atom. The first kappa shape index (κ1) is 18.5. The third-order valence-electron chi connectivity index (χ3n) is 5.55. The Hall–Kier alpha value is -2.82. The number of hydrogen-bond acceptors (Lipinski definition) is 3. The van der Waals surface area contributed by atoms with Crippen molar-refractivity contribution in [1.29, 1.82) is 0 Å². The second-order valence-electron chi connectivity index (χ2n) is 7.62. The number of fused-ring (bicyclic) bond motifs is 1. The topological polar surface area (TPSA) is 58.6 Å². The molecule has 4 rings (SSSR count). The van der Waals surface area contributed by atoms with Crippen LogP contribution >= 0.6 is 0 Å². The molecule has 0 aromatic heterocycles. The molecule has 5 nitrogen and oxygen atoms in total. The second kappa shape index (κ2) is 8.05. The zero-order chi connectivity index (χ0) is 19.5. The van der Waals surface area contributed by atoms with Crippen molar-refractivity contribution in [1.82, 2.24) is 0 Å². The van der Waals surface area contributed by atoms with Crippen molar-refractivity contribution in [2.24, 2.45) is 0 Å². The standard InChI is InChI=1S/C23H26N2O3/c1-16-8-10-19(14-21(16)25-12-4-7-23(25)27)24-22(26)15-28-20-11-9-17-5-2-3-6-18(17)13-20/h8-11,13-14H,2-7,12,15H2,1H3,(H,24,26). The highest BCUT2D eigenvalue weighted by molar-refractivity contribution is 5.98. The normalized spacial score (nSPS) is 16.0. The van der Waals surface area contributed by atoms with Gasteiger partial charge in [-0.15, -0.1) is 0 Å². The van der Waals surface area contributed by atoms with Crippen LogP contribution in [0.25, 0.3) is 0 Å². The average molecular weight is 378 g/mol. The fraction of sp³-hybridized carbons (Fsp3) is 0.391. The summed E-state index contributed by atoms with van der Waals surface area (Å²) in [6, 6.07) is 11.8. The van der Waals surface area contributed by atoms with Gasteiger partial charge in [0.1, 0.15) is 5.75 Å². The summed E-state index contributed by atoms with van der Waals surface area (Å²) in [5.41, 5.74) is 5.31. The maximum atomic E-state index is 12.3. The van der Waals surface area contributed by atoms with Crippen molar-refractivity contribution in [3.8, 4) is 5.75 Å². The van der Waals surface area contributed by atoms with Gasteiger partial charge in [-0.1, -0.05) is 12.1 Å². The molecule has 5 heteroatoms. The molecule has 1 aliphatic carbocycles. The number of amides is 2. The quantitative estimate of drug-likeness (QED) is 0.855. The number of benzene rings is 2. The first-order chi connectivity index (χ1) is 13.6. The van der Waals surface area contributed by atoms with Gasteiger partial charge in [-0.25, -0.2) is 0 Å². The van der Waals surface area contributed by atoms with Crippen LogP contribution in [-0.2, 0) is 22.4 Å². The van der Waals surface area contributed by atoms with Crippen molar-refractivity contribution in [3.05, 3.63) is 53.1 Å². The van der Waals surface area contributed by atoms with Crippen molar-refractivity contribution < 1.29 is 14.3 Å². The van der Waals surface area contributed by atoms with Crippen molar-refractivity contribution >= 4 is 23.2 Å². The first-order valence-corrected chi connectivity index (χ1v) is 10.1. The van der Waals surface area contributed by atoms with Crippen molar-refractivity contribution in [2.45, 2.75) is 45.4 Å². The highest BCUT2D eigenvalue weighted by Gasteiger charge is 2.23. The Labute approximate surface area is 165 Å². The summed E-state index contributed by atoms with van der Waals surface area (Å²) in [5.74, 6) is 0.672. The molecule has 0 radical (unpaired) electrons. The number of rotatable bonds is 5.